The standard InChI is InChI=1S/C16H28N2S/c1-4-7-16(8-10-17-11-9-16)13-18(3)14(2)15-6-5-12-19-15/h5-6,12,14,17H,4,7-11,13H2,1-3H3. The molecule has 0 radical (unpaired) electrons. The van der Waals surface area contributed by atoms with Crippen molar-refractivity contribution in [3.8, 4) is 0 Å². The second-order valence-corrected chi connectivity index (χ2v) is 7.09. The van der Waals surface area contributed by atoms with Gasteiger partial charge in [0.05, 0.1) is 0 Å². The molecule has 1 unspecified atom stereocenters. The van der Waals surface area contributed by atoms with Gasteiger partial charge in [-0.2, -0.15) is 0 Å². The zero-order valence-electron chi connectivity index (χ0n) is 12.6. The number of hydrogen-bond donors (Lipinski definition) is 1. The van der Waals surface area contributed by atoms with Gasteiger partial charge in [0.25, 0.3) is 0 Å². The van der Waals surface area contributed by atoms with E-state index in [1.807, 2.05) is 11.3 Å². The third-order valence-electron chi connectivity index (χ3n) is 4.65. The summed E-state index contributed by atoms with van der Waals surface area (Å²) < 4.78 is 0. The van der Waals surface area contributed by atoms with Gasteiger partial charge < -0.3 is 5.32 Å². The van der Waals surface area contributed by atoms with Crippen LogP contribution in [0.1, 0.15) is 50.4 Å². The molecule has 1 aliphatic heterocycles. The SMILES string of the molecule is CCCC1(CN(C)C(C)c2cccs2)CCNCC1. The lowest BCUT2D eigenvalue weighted by molar-refractivity contribution is 0.0963. The van der Waals surface area contributed by atoms with Crippen LogP contribution in [-0.4, -0.2) is 31.6 Å². The Hall–Kier alpha value is -0.380. The van der Waals surface area contributed by atoms with Gasteiger partial charge in [-0.25, -0.2) is 0 Å². The lowest BCUT2D eigenvalue weighted by Gasteiger charge is -2.42. The van der Waals surface area contributed by atoms with E-state index in [0.717, 1.165) is 0 Å². The Morgan fingerprint density at radius 2 is 2.16 bits per heavy atom. The summed E-state index contributed by atoms with van der Waals surface area (Å²) in [5.41, 5.74) is 0.542. The zero-order valence-corrected chi connectivity index (χ0v) is 13.4. The van der Waals surface area contributed by atoms with Crippen LogP contribution in [0.3, 0.4) is 0 Å². The Bertz CT molecular complexity index is 349. The summed E-state index contributed by atoms with van der Waals surface area (Å²) >= 11 is 1.88. The van der Waals surface area contributed by atoms with Crippen molar-refractivity contribution in [2.24, 2.45) is 5.41 Å². The molecule has 1 aromatic heterocycles. The first kappa shape index (κ1) is 15.0. The molecule has 1 atom stereocenters. The van der Waals surface area contributed by atoms with Gasteiger partial charge in [-0.05, 0) is 63.2 Å². The van der Waals surface area contributed by atoms with Crippen LogP contribution in [0.4, 0.5) is 0 Å². The molecule has 0 aromatic carbocycles. The number of rotatable bonds is 6. The largest absolute Gasteiger partial charge is 0.317 e. The number of hydrogen-bond acceptors (Lipinski definition) is 3. The van der Waals surface area contributed by atoms with E-state index in [2.05, 4.69) is 48.6 Å². The molecule has 2 rings (SSSR count). The first-order chi connectivity index (χ1) is 9.17. The Morgan fingerprint density at radius 1 is 1.42 bits per heavy atom. The maximum Gasteiger partial charge on any atom is 0.0410 e. The van der Waals surface area contributed by atoms with Gasteiger partial charge in [-0.1, -0.05) is 19.4 Å². The highest BCUT2D eigenvalue weighted by molar-refractivity contribution is 7.10. The van der Waals surface area contributed by atoms with Crippen molar-refractivity contribution in [2.75, 3.05) is 26.7 Å². The molecule has 0 amide bonds. The molecule has 2 heterocycles. The van der Waals surface area contributed by atoms with E-state index >= 15 is 0 Å². The molecule has 19 heavy (non-hydrogen) atoms. The molecular weight excluding hydrogens is 252 g/mol. The van der Waals surface area contributed by atoms with E-state index in [9.17, 15) is 0 Å². The lowest BCUT2D eigenvalue weighted by atomic mass is 9.75. The summed E-state index contributed by atoms with van der Waals surface area (Å²) in [5.74, 6) is 0. The molecule has 3 heteroatoms. The van der Waals surface area contributed by atoms with Crippen molar-refractivity contribution in [3.63, 3.8) is 0 Å². The summed E-state index contributed by atoms with van der Waals surface area (Å²) in [6, 6.07) is 4.97. The molecule has 0 bridgehead atoms. The summed E-state index contributed by atoms with van der Waals surface area (Å²) in [4.78, 5) is 4.05. The fourth-order valence-electron chi connectivity index (χ4n) is 3.39. The molecule has 1 aliphatic rings. The smallest absolute Gasteiger partial charge is 0.0410 e. The van der Waals surface area contributed by atoms with Gasteiger partial charge in [0, 0.05) is 17.5 Å². The summed E-state index contributed by atoms with van der Waals surface area (Å²) in [5, 5.41) is 5.70. The lowest BCUT2D eigenvalue weighted by Crippen LogP contribution is -2.44. The van der Waals surface area contributed by atoms with Crippen LogP contribution in [0.2, 0.25) is 0 Å². The second-order valence-electron chi connectivity index (χ2n) is 6.11. The van der Waals surface area contributed by atoms with Gasteiger partial charge in [-0.15, -0.1) is 11.3 Å². The number of piperidine rings is 1. The van der Waals surface area contributed by atoms with Crippen LogP contribution in [0, 0.1) is 5.41 Å². The normalized spacial score (nSPS) is 20.6. The van der Waals surface area contributed by atoms with Gasteiger partial charge >= 0.3 is 0 Å². The molecule has 0 spiro atoms. The minimum absolute atomic E-state index is 0.542. The van der Waals surface area contributed by atoms with E-state index in [-0.39, 0.29) is 0 Å². The van der Waals surface area contributed by atoms with Crippen LogP contribution < -0.4 is 5.32 Å². The summed E-state index contributed by atoms with van der Waals surface area (Å²) in [6.07, 6.45) is 5.35. The fourth-order valence-corrected chi connectivity index (χ4v) is 4.24. The minimum atomic E-state index is 0.542. The van der Waals surface area contributed by atoms with Crippen molar-refractivity contribution >= 4 is 11.3 Å². The van der Waals surface area contributed by atoms with E-state index in [0.29, 0.717) is 11.5 Å². The molecular formula is C16H28N2S. The number of nitrogens with one attached hydrogen (secondary N) is 1. The average molecular weight is 280 g/mol. The van der Waals surface area contributed by atoms with Crippen molar-refractivity contribution in [2.45, 2.75) is 45.6 Å². The van der Waals surface area contributed by atoms with E-state index in [1.165, 1.54) is 50.2 Å². The van der Waals surface area contributed by atoms with Crippen molar-refractivity contribution in [3.05, 3.63) is 22.4 Å². The first-order valence-corrected chi connectivity index (χ1v) is 8.49. The molecule has 1 aromatic rings. The molecule has 0 saturated carbocycles. The highest BCUT2D eigenvalue weighted by atomic mass is 32.1. The highest BCUT2D eigenvalue weighted by Crippen LogP contribution is 2.37. The topological polar surface area (TPSA) is 15.3 Å². The Labute approximate surface area is 122 Å². The Morgan fingerprint density at radius 3 is 2.74 bits per heavy atom. The highest BCUT2D eigenvalue weighted by Gasteiger charge is 2.33. The van der Waals surface area contributed by atoms with Crippen LogP contribution >= 0.6 is 11.3 Å². The van der Waals surface area contributed by atoms with Gasteiger partial charge in [-0.3, -0.25) is 4.90 Å². The van der Waals surface area contributed by atoms with Crippen molar-refractivity contribution in [1.29, 1.82) is 0 Å². The van der Waals surface area contributed by atoms with Crippen LogP contribution in [0.25, 0.3) is 0 Å². The predicted octanol–water partition coefficient (Wildman–Crippen LogP) is 3.91. The van der Waals surface area contributed by atoms with E-state index in [1.54, 1.807) is 0 Å². The summed E-state index contributed by atoms with van der Waals surface area (Å²) in [6.45, 7) is 8.29. The summed E-state index contributed by atoms with van der Waals surface area (Å²) in [7, 11) is 2.30. The van der Waals surface area contributed by atoms with Crippen LogP contribution in [-0.2, 0) is 0 Å². The second kappa shape index (κ2) is 6.87. The van der Waals surface area contributed by atoms with Crippen molar-refractivity contribution in [1.82, 2.24) is 10.2 Å². The molecule has 108 valence electrons. The predicted molar refractivity (Wildman–Crippen MR) is 84.8 cm³/mol. The Kier molecular flexibility index (Phi) is 5.43. The molecule has 2 nitrogen and oxygen atoms in total. The quantitative estimate of drug-likeness (QED) is 0.850. The minimum Gasteiger partial charge on any atom is -0.317 e. The zero-order chi connectivity index (χ0) is 13.7. The molecule has 1 fully saturated rings. The first-order valence-electron chi connectivity index (χ1n) is 7.61. The van der Waals surface area contributed by atoms with Crippen molar-refractivity contribution < 1.29 is 0 Å². The average Bonchev–Trinajstić information content (AvgIpc) is 2.93. The third kappa shape index (κ3) is 3.80. The van der Waals surface area contributed by atoms with Gasteiger partial charge in [0.15, 0.2) is 0 Å². The fraction of sp³-hybridized carbons (Fsp3) is 0.750. The van der Waals surface area contributed by atoms with E-state index in [4.69, 9.17) is 0 Å². The third-order valence-corrected chi connectivity index (χ3v) is 5.69. The number of nitrogens with zero attached hydrogens (tertiary/aromatic N) is 1. The van der Waals surface area contributed by atoms with Crippen LogP contribution in [0.5, 0.6) is 0 Å². The molecule has 0 aliphatic carbocycles. The van der Waals surface area contributed by atoms with Crippen LogP contribution in [0.15, 0.2) is 17.5 Å². The maximum atomic E-state index is 3.51. The monoisotopic (exact) mass is 280 g/mol. The van der Waals surface area contributed by atoms with Gasteiger partial charge in [0.1, 0.15) is 0 Å². The van der Waals surface area contributed by atoms with Gasteiger partial charge in [0.2, 0.25) is 0 Å². The maximum absolute atomic E-state index is 3.51. The number of thiophene rings is 1. The Balaban J connectivity index is 2.00. The molecule has 1 N–H and O–H groups in total. The van der Waals surface area contributed by atoms with E-state index < -0.39 is 0 Å². The molecule has 1 saturated heterocycles.